The van der Waals surface area contributed by atoms with E-state index in [1.807, 2.05) is 24.8 Å². The van der Waals surface area contributed by atoms with E-state index in [2.05, 4.69) is 35.4 Å². The SMILES string of the molecule is CSC1(CNc2cc(C)nc(C(C)C)n2)CCC1. The van der Waals surface area contributed by atoms with Gasteiger partial charge in [-0.25, -0.2) is 9.97 Å². The fourth-order valence-electron chi connectivity index (χ4n) is 2.22. The number of anilines is 1. The average Bonchev–Trinajstić information content (AvgIpc) is 2.27. The molecule has 1 saturated carbocycles. The molecule has 1 fully saturated rings. The van der Waals surface area contributed by atoms with Crippen LogP contribution < -0.4 is 5.32 Å². The van der Waals surface area contributed by atoms with Crippen molar-refractivity contribution in [2.45, 2.75) is 50.7 Å². The standard InChI is InChI=1S/C14H23N3S/c1-10(2)13-16-11(3)8-12(17-13)15-9-14(18-4)6-5-7-14/h8,10H,5-7,9H2,1-4H3,(H,15,16,17). The van der Waals surface area contributed by atoms with E-state index in [1.165, 1.54) is 19.3 Å². The molecule has 4 heteroatoms. The summed E-state index contributed by atoms with van der Waals surface area (Å²) in [6, 6.07) is 2.04. The van der Waals surface area contributed by atoms with Crippen molar-refractivity contribution < 1.29 is 0 Å². The van der Waals surface area contributed by atoms with E-state index >= 15 is 0 Å². The third-order valence-electron chi connectivity index (χ3n) is 3.68. The average molecular weight is 265 g/mol. The van der Waals surface area contributed by atoms with Crippen molar-refractivity contribution in [2.24, 2.45) is 0 Å². The number of thioether (sulfide) groups is 1. The van der Waals surface area contributed by atoms with Gasteiger partial charge in [-0.3, -0.25) is 0 Å². The van der Waals surface area contributed by atoms with Crippen LogP contribution in [-0.2, 0) is 0 Å². The minimum absolute atomic E-state index is 0.378. The molecule has 2 rings (SSSR count). The maximum absolute atomic E-state index is 4.60. The van der Waals surface area contributed by atoms with Crippen molar-refractivity contribution >= 4 is 17.6 Å². The Labute approximate surface area is 114 Å². The first kappa shape index (κ1) is 13.7. The summed E-state index contributed by atoms with van der Waals surface area (Å²) in [6.07, 6.45) is 6.22. The summed E-state index contributed by atoms with van der Waals surface area (Å²) in [5.74, 6) is 2.29. The molecule has 1 heterocycles. The Morgan fingerprint density at radius 3 is 2.61 bits per heavy atom. The van der Waals surface area contributed by atoms with Crippen LogP contribution in [0.2, 0.25) is 0 Å². The summed E-state index contributed by atoms with van der Waals surface area (Å²) in [7, 11) is 0. The van der Waals surface area contributed by atoms with Gasteiger partial charge in [0.15, 0.2) is 0 Å². The second kappa shape index (κ2) is 5.47. The van der Waals surface area contributed by atoms with Gasteiger partial charge in [-0.05, 0) is 26.0 Å². The molecule has 1 aromatic rings. The Bertz CT molecular complexity index is 408. The largest absolute Gasteiger partial charge is 0.369 e. The van der Waals surface area contributed by atoms with Crippen LogP contribution in [0.15, 0.2) is 6.07 Å². The minimum Gasteiger partial charge on any atom is -0.369 e. The third kappa shape index (κ3) is 2.97. The number of rotatable bonds is 5. The first-order valence-electron chi connectivity index (χ1n) is 6.69. The van der Waals surface area contributed by atoms with Gasteiger partial charge in [0, 0.05) is 29.0 Å². The van der Waals surface area contributed by atoms with E-state index in [0.29, 0.717) is 10.7 Å². The Morgan fingerprint density at radius 1 is 1.39 bits per heavy atom. The maximum Gasteiger partial charge on any atom is 0.133 e. The summed E-state index contributed by atoms with van der Waals surface area (Å²) >= 11 is 1.99. The molecule has 0 aromatic carbocycles. The summed E-state index contributed by atoms with van der Waals surface area (Å²) in [5, 5.41) is 3.50. The molecule has 1 aromatic heterocycles. The van der Waals surface area contributed by atoms with Gasteiger partial charge in [0.25, 0.3) is 0 Å². The van der Waals surface area contributed by atoms with Crippen LogP contribution in [0.5, 0.6) is 0 Å². The number of aryl methyl sites for hydroxylation is 1. The lowest BCUT2D eigenvalue weighted by Crippen LogP contribution is -2.40. The lowest BCUT2D eigenvalue weighted by molar-refractivity contribution is 0.379. The molecule has 100 valence electrons. The number of aromatic nitrogens is 2. The van der Waals surface area contributed by atoms with Crippen molar-refractivity contribution in [2.75, 3.05) is 18.1 Å². The zero-order chi connectivity index (χ0) is 13.2. The Hall–Kier alpha value is -0.770. The summed E-state index contributed by atoms with van der Waals surface area (Å²) in [4.78, 5) is 9.07. The van der Waals surface area contributed by atoms with Gasteiger partial charge < -0.3 is 5.32 Å². The molecule has 0 bridgehead atoms. The van der Waals surface area contributed by atoms with E-state index in [0.717, 1.165) is 23.9 Å². The molecule has 3 nitrogen and oxygen atoms in total. The molecule has 0 unspecified atom stereocenters. The molecule has 1 aliphatic rings. The van der Waals surface area contributed by atoms with Gasteiger partial charge in [-0.2, -0.15) is 11.8 Å². The van der Waals surface area contributed by atoms with Crippen LogP contribution in [0.1, 0.15) is 50.5 Å². The Kier molecular flexibility index (Phi) is 4.15. The zero-order valence-electron chi connectivity index (χ0n) is 11.8. The van der Waals surface area contributed by atoms with Crippen molar-refractivity contribution in [3.05, 3.63) is 17.6 Å². The van der Waals surface area contributed by atoms with Crippen LogP contribution in [0.25, 0.3) is 0 Å². The first-order chi connectivity index (χ1) is 8.54. The number of hydrogen-bond acceptors (Lipinski definition) is 4. The van der Waals surface area contributed by atoms with Crippen LogP contribution in [0.4, 0.5) is 5.82 Å². The molecule has 18 heavy (non-hydrogen) atoms. The predicted molar refractivity (Wildman–Crippen MR) is 79.4 cm³/mol. The number of nitrogens with one attached hydrogen (secondary N) is 1. The molecule has 0 amide bonds. The van der Waals surface area contributed by atoms with Crippen LogP contribution in [-0.4, -0.2) is 27.5 Å². The number of hydrogen-bond donors (Lipinski definition) is 1. The molecule has 1 N–H and O–H groups in total. The summed E-state index contributed by atoms with van der Waals surface area (Å²) in [5.41, 5.74) is 1.04. The first-order valence-corrected chi connectivity index (χ1v) is 7.92. The topological polar surface area (TPSA) is 37.8 Å². The van der Waals surface area contributed by atoms with Crippen LogP contribution in [0, 0.1) is 6.92 Å². The highest BCUT2D eigenvalue weighted by Crippen LogP contribution is 2.42. The van der Waals surface area contributed by atoms with Crippen LogP contribution in [0.3, 0.4) is 0 Å². The zero-order valence-corrected chi connectivity index (χ0v) is 12.6. The lowest BCUT2D eigenvalue weighted by Gasteiger charge is -2.40. The van der Waals surface area contributed by atoms with E-state index in [1.54, 1.807) is 0 Å². The molecule has 1 aliphatic carbocycles. The number of nitrogens with zero attached hydrogens (tertiary/aromatic N) is 2. The second-order valence-corrected chi connectivity index (χ2v) is 6.78. The summed E-state index contributed by atoms with van der Waals surface area (Å²) < 4.78 is 0.441. The monoisotopic (exact) mass is 265 g/mol. The van der Waals surface area contributed by atoms with Crippen molar-refractivity contribution in [1.29, 1.82) is 0 Å². The predicted octanol–water partition coefficient (Wildman–Crippen LogP) is 3.61. The molecule has 0 atom stereocenters. The molecule has 0 spiro atoms. The van der Waals surface area contributed by atoms with E-state index in [-0.39, 0.29) is 0 Å². The van der Waals surface area contributed by atoms with Crippen molar-refractivity contribution in [1.82, 2.24) is 9.97 Å². The highest BCUT2D eigenvalue weighted by atomic mass is 32.2. The van der Waals surface area contributed by atoms with Crippen molar-refractivity contribution in [3.63, 3.8) is 0 Å². The van der Waals surface area contributed by atoms with Crippen molar-refractivity contribution in [3.8, 4) is 0 Å². The highest BCUT2D eigenvalue weighted by molar-refractivity contribution is 8.00. The Balaban J connectivity index is 2.05. The van der Waals surface area contributed by atoms with Gasteiger partial charge >= 0.3 is 0 Å². The normalized spacial score (nSPS) is 17.6. The van der Waals surface area contributed by atoms with E-state index < -0.39 is 0 Å². The van der Waals surface area contributed by atoms with Gasteiger partial charge in [0.1, 0.15) is 11.6 Å². The quantitative estimate of drug-likeness (QED) is 0.882. The Morgan fingerprint density at radius 2 is 2.11 bits per heavy atom. The lowest BCUT2D eigenvalue weighted by atomic mass is 9.84. The molecule has 0 radical (unpaired) electrons. The molecule has 0 saturated heterocycles. The smallest absolute Gasteiger partial charge is 0.133 e. The molecular formula is C14H23N3S. The maximum atomic E-state index is 4.60. The van der Waals surface area contributed by atoms with Gasteiger partial charge in [0.05, 0.1) is 0 Å². The molecule has 0 aliphatic heterocycles. The van der Waals surface area contributed by atoms with Crippen LogP contribution >= 0.6 is 11.8 Å². The second-order valence-electron chi connectivity index (χ2n) is 5.50. The van der Waals surface area contributed by atoms with Gasteiger partial charge in [-0.15, -0.1) is 0 Å². The van der Waals surface area contributed by atoms with Gasteiger partial charge in [0.2, 0.25) is 0 Å². The van der Waals surface area contributed by atoms with E-state index in [9.17, 15) is 0 Å². The molecular weight excluding hydrogens is 242 g/mol. The fraction of sp³-hybridized carbons (Fsp3) is 0.714. The van der Waals surface area contributed by atoms with Gasteiger partial charge in [-0.1, -0.05) is 20.3 Å². The third-order valence-corrected chi connectivity index (χ3v) is 5.10. The van der Waals surface area contributed by atoms with E-state index in [4.69, 9.17) is 0 Å². The fourth-order valence-corrected chi connectivity index (χ4v) is 3.13. The minimum atomic E-state index is 0.378. The highest BCUT2D eigenvalue weighted by Gasteiger charge is 2.35. The summed E-state index contributed by atoms with van der Waals surface area (Å²) in [6.45, 7) is 7.32.